The van der Waals surface area contributed by atoms with E-state index in [1.54, 1.807) is 6.20 Å². The van der Waals surface area contributed by atoms with Gasteiger partial charge < -0.3 is 24.8 Å². The first-order chi connectivity index (χ1) is 12.8. The van der Waals surface area contributed by atoms with E-state index in [1.165, 1.54) is 18.3 Å². The fourth-order valence-corrected chi connectivity index (χ4v) is 2.55. The maximum atomic E-state index is 12.6. The lowest BCUT2D eigenvalue weighted by atomic mass is 10.1. The van der Waals surface area contributed by atoms with Crippen LogP contribution in [0, 0.1) is 0 Å². The molecule has 6 nitrogen and oxygen atoms in total. The van der Waals surface area contributed by atoms with Crippen LogP contribution < -0.4 is 5.32 Å². The number of aromatic nitrogens is 1. The average molecular weight is 381 g/mol. The van der Waals surface area contributed by atoms with E-state index in [2.05, 4.69) is 10.3 Å². The molecule has 1 atom stereocenters. The van der Waals surface area contributed by atoms with Crippen LogP contribution in [-0.2, 0) is 6.18 Å². The third-order valence-electron chi connectivity index (χ3n) is 3.87. The number of allylic oxidation sites excluding steroid dienone is 1. The van der Waals surface area contributed by atoms with Gasteiger partial charge in [0.05, 0.1) is 30.2 Å². The maximum Gasteiger partial charge on any atom is 0.416 e. The summed E-state index contributed by atoms with van der Waals surface area (Å²) in [7, 11) is 0. The topological polar surface area (TPSA) is 81.8 Å². The summed E-state index contributed by atoms with van der Waals surface area (Å²) in [6.45, 7) is 0.534. The molecule has 27 heavy (non-hydrogen) atoms. The standard InChI is InChI=1S/C18H18F3N3O3/c19-18(20,21)13-5-3-12(4-6-13)16-8-22-17(27-16)23-14-2-1-7-24(9-14)10-15(26)11-25/h1-6,8-9,15,25-26H,7,10-11H2,(H,22,23)/t15-/m1/s1. The third kappa shape index (κ3) is 4.89. The SMILES string of the molecule is OC[C@H](O)CN1C=C(Nc2ncc(-c3ccc(C(F)(F)F)cc3)o2)C=CC1. The second-order valence-corrected chi connectivity index (χ2v) is 6.01. The van der Waals surface area contributed by atoms with Gasteiger partial charge in [-0.3, -0.25) is 0 Å². The van der Waals surface area contributed by atoms with Gasteiger partial charge in [-0.15, -0.1) is 0 Å². The Kier molecular flexibility index (Phi) is 5.52. The highest BCUT2D eigenvalue weighted by atomic mass is 19.4. The van der Waals surface area contributed by atoms with Crippen molar-refractivity contribution in [2.24, 2.45) is 0 Å². The first-order valence-corrected chi connectivity index (χ1v) is 8.17. The zero-order chi connectivity index (χ0) is 19.4. The van der Waals surface area contributed by atoms with Gasteiger partial charge in [-0.25, -0.2) is 4.98 Å². The van der Waals surface area contributed by atoms with Gasteiger partial charge in [0.15, 0.2) is 5.76 Å². The number of benzene rings is 1. The molecule has 2 heterocycles. The minimum atomic E-state index is -4.39. The van der Waals surface area contributed by atoms with E-state index in [-0.39, 0.29) is 19.2 Å². The Morgan fingerprint density at radius 2 is 2.00 bits per heavy atom. The van der Waals surface area contributed by atoms with Crippen molar-refractivity contribution in [3.63, 3.8) is 0 Å². The monoisotopic (exact) mass is 381 g/mol. The summed E-state index contributed by atoms with van der Waals surface area (Å²) >= 11 is 0. The fraction of sp³-hybridized carbons (Fsp3) is 0.278. The first kappa shape index (κ1) is 19.0. The minimum Gasteiger partial charge on any atom is -0.423 e. The molecule has 0 aliphatic carbocycles. The first-order valence-electron chi connectivity index (χ1n) is 8.17. The van der Waals surface area contributed by atoms with Crippen molar-refractivity contribution in [2.45, 2.75) is 12.3 Å². The Labute approximate surface area is 153 Å². The molecule has 0 saturated carbocycles. The lowest BCUT2D eigenvalue weighted by Crippen LogP contribution is -2.32. The van der Waals surface area contributed by atoms with E-state index in [4.69, 9.17) is 9.52 Å². The number of rotatable bonds is 6. The van der Waals surface area contributed by atoms with E-state index in [0.717, 1.165) is 12.1 Å². The van der Waals surface area contributed by atoms with Crippen LogP contribution in [-0.4, -0.2) is 45.9 Å². The smallest absolute Gasteiger partial charge is 0.416 e. The van der Waals surface area contributed by atoms with Crippen molar-refractivity contribution in [1.82, 2.24) is 9.88 Å². The molecule has 1 aliphatic heterocycles. The van der Waals surface area contributed by atoms with Gasteiger partial charge in [0.1, 0.15) is 0 Å². The summed E-state index contributed by atoms with van der Waals surface area (Å²) in [6, 6.07) is 4.81. The molecule has 0 saturated heterocycles. The molecule has 2 aromatic rings. The molecule has 0 amide bonds. The zero-order valence-corrected chi connectivity index (χ0v) is 14.1. The lowest BCUT2D eigenvalue weighted by molar-refractivity contribution is -0.137. The van der Waals surface area contributed by atoms with Crippen molar-refractivity contribution in [1.29, 1.82) is 0 Å². The highest BCUT2D eigenvalue weighted by molar-refractivity contribution is 5.58. The Morgan fingerprint density at radius 1 is 1.26 bits per heavy atom. The largest absolute Gasteiger partial charge is 0.423 e. The second-order valence-electron chi connectivity index (χ2n) is 6.01. The number of β-amino-alcohol motifs (C(OH)–C–C–N with tert-alkyl or cyclic N) is 1. The van der Waals surface area contributed by atoms with Crippen molar-refractivity contribution in [3.05, 3.63) is 60.1 Å². The van der Waals surface area contributed by atoms with Gasteiger partial charge in [-0.05, 0) is 18.2 Å². The molecule has 0 bridgehead atoms. The molecule has 0 radical (unpaired) electrons. The normalized spacial score (nSPS) is 15.6. The lowest BCUT2D eigenvalue weighted by Gasteiger charge is -2.24. The summed E-state index contributed by atoms with van der Waals surface area (Å²) in [5, 5.41) is 21.4. The Balaban J connectivity index is 1.68. The highest BCUT2D eigenvalue weighted by Gasteiger charge is 2.30. The summed E-state index contributed by atoms with van der Waals surface area (Å²) in [4.78, 5) is 5.89. The quantitative estimate of drug-likeness (QED) is 0.714. The number of hydrogen-bond donors (Lipinski definition) is 3. The van der Waals surface area contributed by atoms with Gasteiger partial charge in [-0.2, -0.15) is 13.2 Å². The number of halogens is 3. The molecular weight excluding hydrogens is 363 g/mol. The van der Waals surface area contributed by atoms with E-state index >= 15 is 0 Å². The van der Waals surface area contributed by atoms with Crippen LogP contribution >= 0.6 is 0 Å². The Bertz CT molecular complexity index is 828. The van der Waals surface area contributed by atoms with Gasteiger partial charge in [0.25, 0.3) is 6.01 Å². The van der Waals surface area contributed by atoms with Crippen molar-refractivity contribution in [2.75, 3.05) is 25.0 Å². The molecule has 144 valence electrons. The number of anilines is 1. The van der Waals surface area contributed by atoms with Gasteiger partial charge in [-0.1, -0.05) is 18.2 Å². The molecule has 9 heteroatoms. The molecule has 0 fully saturated rings. The fourth-order valence-electron chi connectivity index (χ4n) is 2.55. The molecule has 3 N–H and O–H groups in total. The predicted molar refractivity (Wildman–Crippen MR) is 92.5 cm³/mol. The van der Waals surface area contributed by atoms with Crippen molar-refractivity contribution >= 4 is 6.01 Å². The maximum absolute atomic E-state index is 12.6. The second kappa shape index (κ2) is 7.85. The van der Waals surface area contributed by atoms with Crippen LogP contribution in [0.15, 0.2) is 58.9 Å². The van der Waals surface area contributed by atoms with Crippen LogP contribution in [0.1, 0.15) is 5.56 Å². The van der Waals surface area contributed by atoms with Crippen LogP contribution in [0.25, 0.3) is 11.3 Å². The minimum absolute atomic E-state index is 0.186. The van der Waals surface area contributed by atoms with Crippen LogP contribution in [0.5, 0.6) is 0 Å². The molecule has 1 aromatic carbocycles. The Hall–Kier alpha value is -2.78. The summed E-state index contributed by atoms with van der Waals surface area (Å²) < 4.78 is 43.4. The number of hydrogen-bond acceptors (Lipinski definition) is 6. The number of aliphatic hydroxyl groups excluding tert-OH is 2. The number of nitrogens with zero attached hydrogens (tertiary/aromatic N) is 2. The number of nitrogens with one attached hydrogen (secondary N) is 1. The molecule has 3 rings (SSSR count). The molecular formula is C18H18F3N3O3. The van der Waals surface area contributed by atoms with Gasteiger partial charge in [0.2, 0.25) is 0 Å². The van der Waals surface area contributed by atoms with Gasteiger partial charge >= 0.3 is 6.18 Å². The predicted octanol–water partition coefficient (Wildman–Crippen LogP) is 2.84. The van der Waals surface area contributed by atoms with E-state index in [1.807, 2.05) is 17.1 Å². The van der Waals surface area contributed by atoms with Crippen molar-refractivity contribution < 1.29 is 27.8 Å². The van der Waals surface area contributed by atoms with E-state index in [9.17, 15) is 18.3 Å². The van der Waals surface area contributed by atoms with E-state index < -0.39 is 17.8 Å². The summed E-state index contributed by atoms with van der Waals surface area (Å²) in [5.41, 5.74) is 0.406. The third-order valence-corrected chi connectivity index (χ3v) is 3.87. The summed E-state index contributed by atoms with van der Waals surface area (Å²) in [6.07, 6.45) is 1.62. The molecule has 0 spiro atoms. The summed E-state index contributed by atoms with van der Waals surface area (Å²) in [5.74, 6) is 0.333. The van der Waals surface area contributed by atoms with Crippen LogP contribution in [0.2, 0.25) is 0 Å². The number of alkyl halides is 3. The molecule has 1 aliphatic rings. The van der Waals surface area contributed by atoms with E-state index in [0.29, 0.717) is 23.6 Å². The number of aliphatic hydroxyl groups is 2. The highest BCUT2D eigenvalue weighted by Crippen LogP contribution is 2.31. The van der Waals surface area contributed by atoms with Crippen LogP contribution in [0.3, 0.4) is 0 Å². The molecule has 1 aromatic heterocycles. The zero-order valence-electron chi connectivity index (χ0n) is 14.1. The average Bonchev–Trinajstić information content (AvgIpc) is 3.10. The van der Waals surface area contributed by atoms with Crippen LogP contribution in [0.4, 0.5) is 19.2 Å². The van der Waals surface area contributed by atoms with Gasteiger partial charge in [0, 0.05) is 24.9 Å². The van der Waals surface area contributed by atoms with Crippen molar-refractivity contribution in [3.8, 4) is 11.3 Å². The Morgan fingerprint density at radius 3 is 2.67 bits per heavy atom. The molecule has 0 unspecified atom stereocenters. The number of oxazole rings is 1.